The average molecular weight is 512 g/mol. The Morgan fingerprint density at radius 3 is 2.55 bits per heavy atom. The molecule has 168 valence electrons. The highest BCUT2D eigenvalue weighted by Gasteiger charge is 2.26. The van der Waals surface area contributed by atoms with E-state index < -0.39 is 6.04 Å². The van der Waals surface area contributed by atoms with E-state index >= 15 is 0 Å². The van der Waals surface area contributed by atoms with Crippen LogP contribution in [-0.4, -0.2) is 43.0 Å². The summed E-state index contributed by atoms with van der Waals surface area (Å²) in [7, 11) is 1.59. The molecule has 2 amide bonds. The highest BCUT2D eigenvalue weighted by molar-refractivity contribution is 9.10. The Morgan fingerprint density at radius 2 is 1.90 bits per heavy atom. The number of rotatable bonds is 10. The highest BCUT2D eigenvalue weighted by Crippen LogP contribution is 2.28. The highest BCUT2D eigenvalue weighted by atomic mass is 79.9. The summed E-state index contributed by atoms with van der Waals surface area (Å²) >= 11 is 9.34. The molecule has 2 rings (SSSR count). The molecule has 0 saturated heterocycles. The van der Waals surface area contributed by atoms with Crippen LogP contribution in [0.1, 0.15) is 26.3 Å². The molecule has 2 aromatic carbocycles. The second kappa shape index (κ2) is 12.0. The Bertz CT molecular complexity index is 907. The maximum absolute atomic E-state index is 13.1. The minimum absolute atomic E-state index is 0.211. The lowest BCUT2D eigenvalue weighted by molar-refractivity contribution is -0.142. The van der Waals surface area contributed by atoms with Crippen molar-refractivity contribution in [3.8, 4) is 11.5 Å². The summed E-state index contributed by atoms with van der Waals surface area (Å²) in [4.78, 5) is 27.3. The number of nitrogens with one attached hydrogen (secondary N) is 1. The Morgan fingerprint density at radius 1 is 1.16 bits per heavy atom. The molecule has 0 saturated carbocycles. The van der Waals surface area contributed by atoms with Gasteiger partial charge in [0.2, 0.25) is 5.91 Å². The predicted molar refractivity (Wildman–Crippen MR) is 126 cm³/mol. The van der Waals surface area contributed by atoms with Gasteiger partial charge in [-0.15, -0.1) is 0 Å². The van der Waals surface area contributed by atoms with Crippen molar-refractivity contribution < 1.29 is 19.1 Å². The third kappa shape index (κ3) is 7.74. The minimum atomic E-state index is -0.672. The average Bonchev–Trinajstić information content (AvgIpc) is 2.74. The van der Waals surface area contributed by atoms with Crippen molar-refractivity contribution >= 4 is 39.3 Å². The second-order valence-electron chi connectivity index (χ2n) is 7.55. The third-order valence-corrected chi connectivity index (χ3v) is 5.44. The van der Waals surface area contributed by atoms with Crippen molar-refractivity contribution in [2.45, 2.75) is 33.4 Å². The number of nitrogens with zero attached hydrogens (tertiary/aromatic N) is 1. The molecular weight excluding hydrogens is 484 g/mol. The summed E-state index contributed by atoms with van der Waals surface area (Å²) in [6, 6.07) is 11.8. The lowest BCUT2D eigenvalue weighted by atomic mass is 10.1. The van der Waals surface area contributed by atoms with Gasteiger partial charge < -0.3 is 19.7 Å². The molecule has 1 N–H and O–H groups in total. The van der Waals surface area contributed by atoms with Crippen LogP contribution >= 0.6 is 27.5 Å². The van der Waals surface area contributed by atoms with E-state index in [9.17, 15) is 9.59 Å². The molecule has 1 atom stereocenters. The molecule has 0 unspecified atom stereocenters. The molecule has 0 bridgehead atoms. The monoisotopic (exact) mass is 510 g/mol. The van der Waals surface area contributed by atoms with Gasteiger partial charge in [-0.3, -0.25) is 9.59 Å². The van der Waals surface area contributed by atoms with Crippen LogP contribution in [0, 0.1) is 5.92 Å². The SMILES string of the molecule is COc1cccc(CN(C(=O)COc2ccc(Cl)cc2Br)[C@@H](C)C(=O)NCC(C)C)c1. The van der Waals surface area contributed by atoms with E-state index in [1.165, 1.54) is 4.90 Å². The molecule has 0 aliphatic heterocycles. The Hall–Kier alpha value is -2.25. The number of hydrogen-bond acceptors (Lipinski definition) is 4. The van der Waals surface area contributed by atoms with Crippen LogP contribution in [0.3, 0.4) is 0 Å². The zero-order valence-corrected chi connectivity index (χ0v) is 20.5. The quantitative estimate of drug-likeness (QED) is 0.503. The third-order valence-electron chi connectivity index (χ3n) is 4.58. The molecule has 8 heteroatoms. The van der Waals surface area contributed by atoms with Crippen LogP contribution < -0.4 is 14.8 Å². The maximum atomic E-state index is 13.1. The Labute approximate surface area is 197 Å². The van der Waals surface area contributed by atoms with Crippen molar-refractivity contribution in [3.63, 3.8) is 0 Å². The van der Waals surface area contributed by atoms with Gasteiger partial charge in [0, 0.05) is 18.1 Å². The van der Waals surface area contributed by atoms with Gasteiger partial charge in [0.05, 0.1) is 11.6 Å². The van der Waals surface area contributed by atoms with Crippen molar-refractivity contribution in [3.05, 3.63) is 57.5 Å². The van der Waals surface area contributed by atoms with Gasteiger partial charge in [0.1, 0.15) is 17.5 Å². The number of methoxy groups -OCH3 is 1. The molecule has 0 radical (unpaired) electrons. The Balaban J connectivity index is 2.18. The smallest absolute Gasteiger partial charge is 0.261 e. The molecule has 0 fully saturated rings. The molecule has 0 heterocycles. The molecule has 6 nitrogen and oxygen atoms in total. The van der Waals surface area contributed by atoms with E-state index in [-0.39, 0.29) is 25.0 Å². The van der Waals surface area contributed by atoms with Gasteiger partial charge in [-0.2, -0.15) is 0 Å². The van der Waals surface area contributed by atoms with Gasteiger partial charge in [-0.05, 0) is 64.7 Å². The fourth-order valence-electron chi connectivity index (χ4n) is 2.82. The number of hydrogen-bond donors (Lipinski definition) is 1. The number of carbonyl (C=O) groups is 2. The van der Waals surface area contributed by atoms with Crippen molar-refractivity contribution in [2.75, 3.05) is 20.3 Å². The summed E-state index contributed by atoms with van der Waals surface area (Å²) in [5, 5.41) is 3.45. The van der Waals surface area contributed by atoms with Crippen molar-refractivity contribution in [2.24, 2.45) is 5.92 Å². The van der Waals surface area contributed by atoms with Crippen LogP contribution in [0.5, 0.6) is 11.5 Å². The van der Waals surface area contributed by atoms with E-state index in [1.807, 2.05) is 38.1 Å². The summed E-state index contributed by atoms with van der Waals surface area (Å²) in [6.45, 7) is 6.32. The molecule has 0 aliphatic rings. The fraction of sp³-hybridized carbons (Fsp3) is 0.391. The maximum Gasteiger partial charge on any atom is 0.261 e. The van der Waals surface area contributed by atoms with Gasteiger partial charge in [0.15, 0.2) is 6.61 Å². The zero-order chi connectivity index (χ0) is 23.0. The number of amides is 2. The molecule has 0 spiro atoms. The van der Waals surface area contributed by atoms with Crippen LogP contribution in [0.2, 0.25) is 5.02 Å². The lowest BCUT2D eigenvalue weighted by Gasteiger charge is -2.29. The molecular formula is C23H28BrClN2O4. The first kappa shape index (κ1) is 25.0. The molecule has 31 heavy (non-hydrogen) atoms. The van der Waals surface area contributed by atoms with Crippen molar-refractivity contribution in [1.82, 2.24) is 10.2 Å². The van der Waals surface area contributed by atoms with Crippen LogP contribution in [-0.2, 0) is 16.1 Å². The molecule has 0 aliphatic carbocycles. The summed E-state index contributed by atoms with van der Waals surface area (Å²) in [5.74, 6) is 0.970. The van der Waals surface area contributed by atoms with E-state index in [0.29, 0.717) is 33.5 Å². The summed E-state index contributed by atoms with van der Waals surface area (Å²) < 4.78 is 11.6. The first-order chi connectivity index (χ1) is 14.7. The second-order valence-corrected chi connectivity index (χ2v) is 8.84. The fourth-order valence-corrected chi connectivity index (χ4v) is 3.61. The molecule has 0 aromatic heterocycles. The van der Waals surface area contributed by atoms with Crippen LogP contribution in [0.15, 0.2) is 46.9 Å². The first-order valence-corrected chi connectivity index (χ1v) is 11.2. The number of ether oxygens (including phenoxy) is 2. The largest absolute Gasteiger partial charge is 0.497 e. The van der Waals surface area contributed by atoms with E-state index in [0.717, 1.165) is 5.56 Å². The Kier molecular flexibility index (Phi) is 9.65. The standard InChI is InChI=1S/C23H28BrClN2O4/c1-15(2)12-26-23(29)16(3)27(13-17-6-5-7-19(10-17)30-4)22(28)14-31-21-9-8-18(25)11-20(21)24/h5-11,15-16H,12-14H2,1-4H3,(H,26,29)/t16-/m0/s1. The topological polar surface area (TPSA) is 67.9 Å². The number of halogens is 2. The number of benzene rings is 2. The summed E-state index contributed by atoms with van der Waals surface area (Å²) in [5.41, 5.74) is 0.851. The minimum Gasteiger partial charge on any atom is -0.497 e. The van der Waals surface area contributed by atoms with E-state index in [1.54, 1.807) is 32.2 Å². The summed E-state index contributed by atoms with van der Waals surface area (Å²) in [6.07, 6.45) is 0. The lowest BCUT2D eigenvalue weighted by Crippen LogP contribution is -2.49. The van der Waals surface area contributed by atoms with Gasteiger partial charge in [-0.25, -0.2) is 0 Å². The number of carbonyl (C=O) groups excluding carboxylic acids is 2. The van der Waals surface area contributed by atoms with Crippen LogP contribution in [0.4, 0.5) is 0 Å². The molecule has 2 aromatic rings. The normalized spacial score (nSPS) is 11.7. The zero-order valence-electron chi connectivity index (χ0n) is 18.2. The predicted octanol–water partition coefficient (Wildman–Crippen LogP) is 4.68. The van der Waals surface area contributed by atoms with E-state index in [2.05, 4.69) is 21.2 Å². The van der Waals surface area contributed by atoms with Gasteiger partial charge in [-0.1, -0.05) is 37.6 Å². The van der Waals surface area contributed by atoms with Gasteiger partial charge in [0.25, 0.3) is 5.91 Å². The van der Waals surface area contributed by atoms with Gasteiger partial charge >= 0.3 is 0 Å². The van der Waals surface area contributed by atoms with Crippen molar-refractivity contribution in [1.29, 1.82) is 0 Å². The van der Waals surface area contributed by atoms with Crippen LogP contribution in [0.25, 0.3) is 0 Å². The first-order valence-electron chi connectivity index (χ1n) is 9.99. The van der Waals surface area contributed by atoms with E-state index in [4.69, 9.17) is 21.1 Å².